The molecule has 272 valence electrons. The summed E-state index contributed by atoms with van der Waals surface area (Å²) < 4.78 is 80.6. The monoisotopic (exact) mass is 724 g/mol. The molecule has 1 amide bonds. The van der Waals surface area contributed by atoms with Gasteiger partial charge in [0, 0.05) is 42.2 Å². The molecular weight excluding hydrogens is 682 g/mol. The number of pyridine rings is 1. The second-order valence-corrected chi connectivity index (χ2v) is 15.3. The summed E-state index contributed by atoms with van der Waals surface area (Å²) in [5, 5.41) is 3.36. The number of fused-ring (bicyclic) bond motifs is 1. The molecule has 2 saturated heterocycles. The van der Waals surface area contributed by atoms with Crippen LogP contribution < -0.4 is 10.1 Å². The Balaban J connectivity index is 1.55. The fourth-order valence-electron chi connectivity index (χ4n) is 7.13. The van der Waals surface area contributed by atoms with Crippen LogP contribution >= 0.6 is 0 Å². The second-order valence-electron chi connectivity index (χ2n) is 13.1. The van der Waals surface area contributed by atoms with Crippen molar-refractivity contribution in [3.05, 3.63) is 89.0 Å². The van der Waals surface area contributed by atoms with Crippen molar-refractivity contribution in [1.29, 1.82) is 0 Å². The topological polar surface area (TPSA) is 101 Å². The predicted octanol–water partition coefficient (Wildman–Crippen LogP) is 6.51. The molecule has 0 bridgehead atoms. The van der Waals surface area contributed by atoms with Crippen LogP contribution in [0.3, 0.4) is 0 Å². The highest BCUT2D eigenvalue weighted by molar-refractivity contribution is 7.91. The van der Waals surface area contributed by atoms with E-state index in [1.807, 2.05) is 37.3 Å². The molecule has 2 aliphatic rings. The van der Waals surface area contributed by atoms with Gasteiger partial charge in [-0.05, 0) is 62.7 Å². The smallest absolute Gasteiger partial charge is 0.416 e. The van der Waals surface area contributed by atoms with E-state index in [1.165, 1.54) is 32.2 Å². The number of hydrogen-bond acceptors (Lipinski definition) is 8. The minimum Gasteiger partial charge on any atom is -0.495 e. The number of nitrogens with one attached hydrogen (secondary N) is 1. The van der Waals surface area contributed by atoms with E-state index >= 15 is 0 Å². The van der Waals surface area contributed by atoms with E-state index in [0.717, 1.165) is 43.6 Å². The largest absolute Gasteiger partial charge is 0.495 e. The maximum Gasteiger partial charge on any atom is 0.416 e. The molecule has 51 heavy (non-hydrogen) atoms. The van der Waals surface area contributed by atoms with Gasteiger partial charge in [0.1, 0.15) is 10.6 Å². The summed E-state index contributed by atoms with van der Waals surface area (Å²) in [4.78, 5) is 23.9. The minimum atomic E-state index is -4.64. The molecule has 0 radical (unpaired) electrons. The number of alkyl halides is 3. The van der Waals surface area contributed by atoms with E-state index in [1.54, 1.807) is 6.07 Å². The Morgan fingerprint density at radius 3 is 2.37 bits per heavy atom. The Morgan fingerprint density at radius 2 is 1.73 bits per heavy atom. The second kappa shape index (κ2) is 15.3. The number of amides is 1. The first-order chi connectivity index (χ1) is 24.4. The zero-order valence-electron chi connectivity index (χ0n) is 29.0. The number of aromatic nitrogens is 1. The number of methoxy groups -OCH3 is 1. The zero-order valence-corrected chi connectivity index (χ0v) is 29.8. The Morgan fingerprint density at radius 1 is 1.02 bits per heavy atom. The highest BCUT2D eigenvalue weighted by atomic mass is 32.2. The summed E-state index contributed by atoms with van der Waals surface area (Å²) in [6.07, 6.45) is -2.88. The van der Waals surface area contributed by atoms with Gasteiger partial charge in [0.2, 0.25) is 0 Å². The quantitative estimate of drug-likeness (QED) is 0.198. The predicted molar refractivity (Wildman–Crippen MR) is 189 cm³/mol. The standard InChI is InChI=1S/C38H43F3N4O5S/c1-4-51(47,48)36-32(49-3)14-13-30-33(37(46)42-25(2)26-9-6-5-7-10-26)31(24-44-17-15-29(16-18-44)45-19-21-50-22-20-45)34(43-35(30)36)27-11-8-12-28(23-27)38(39,40)41/h5-14,23,25,29H,4,15-22,24H2,1-3H3,(H,42,46)/t25-/m0/s1. The van der Waals surface area contributed by atoms with Gasteiger partial charge in [0.15, 0.2) is 9.84 Å². The van der Waals surface area contributed by atoms with Crippen molar-refractivity contribution < 1.29 is 35.9 Å². The molecule has 0 unspecified atom stereocenters. The molecular formula is C38H43F3N4O5S. The maximum absolute atomic E-state index is 14.6. The van der Waals surface area contributed by atoms with Crippen molar-refractivity contribution in [2.75, 3.05) is 52.3 Å². The van der Waals surface area contributed by atoms with Crippen LogP contribution in [0.1, 0.15) is 59.8 Å². The molecule has 13 heteroatoms. The van der Waals surface area contributed by atoms with Crippen LogP contribution in [0.15, 0.2) is 71.6 Å². The van der Waals surface area contributed by atoms with Gasteiger partial charge in [-0.1, -0.05) is 49.4 Å². The number of hydrogen-bond donors (Lipinski definition) is 1. The number of morpholine rings is 1. The lowest BCUT2D eigenvalue weighted by Crippen LogP contribution is -2.48. The summed E-state index contributed by atoms with van der Waals surface area (Å²) >= 11 is 0. The van der Waals surface area contributed by atoms with E-state index in [9.17, 15) is 26.4 Å². The Kier molecular flexibility index (Phi) is 11.0. The van der Waals surface area contributed by atoms with E-state index < -0.39 is 33.5 Å². The molecule has 2 aliphatic heterocycles. The van der Waals surface area contributed by atoms with Crippen LogP contribution in [-0.2, 0) is 27.3 Å². The summed E-state index contributed by atoms with van der Waals surface area (Å²) in [7, 11) is -2.65. The summed E-state index contributed by atoms with van der Waals surface area (Å²) in [5.41, 5.74) is 0.769. The summed E-state index contributed by atoms with van der Waals surface area (Å²) in [6, 6.07) is 17.2. The first kappa shape index (κ1) is 36.7. The zero-order chi connectivity index (χ0) is 36.3. The van der Waals surface area contributed by atoms with Crippen LogP contribution in [0, 0.1) is 0 Å². The fourth-order valence-corrected chi connectivity index (χ4v) is 8.33. The molecule has 2 fully saturated rings. The Bertz CT molecular complexity index is 1980. The van der Waals surface area contributed by atoms with Crippen LogP contribution in [-0.4, -0.2) is 87.4 Å². The van der Waals surface area contributed by atoms with Gasteiger partial charge in [-0.25, -0.2) is 13.4 Å². The third kappa shape index (κ3) is 7.91. The van der Waals surface area contributed by atoms with Crippen LogP contribution in [0.4, 0.5) is 13.2 Å². The summed E-state index contributed by atoms with van der Waals surface area (Å²) in [6.45, 7) is 8.08. The molecule has 0 spiro atoms. The SMILES string of the molecule is CCS(=O)(=O)c1c(OC)ccc2c(C(=O)N[C@@H](C)c3ccccc3)c(CN3CCC(N4CCOCC4)CC3)c(-c3cccc(C(F)(F)F)c3)nc12. The van der Waals surface area contributed by atoms with Crippen LogP contribution in [0.2, 0.25) is 0 Å². The molecule has 4 aromatic rings. The fraction of sp³-hybridized carbons (Fsp3) is 0.421. The van der Waals surface area contributed by atoms with Gasteiger partial charge in [-0.3, -0.25) is 14.6 Å². The van der Waals surface area contributed by atoms with Gasteiger partial charge in [-0.2, -0.15) is 13.2 Å². The number of benzene rings is 3. The number of carbonyl (C=O) groups excluding carboxylic acids is 1. The lowest BCUT2D eigenvalue weighted by molar-refractivity contribution is -0.137. The van der Waals surface area contributed by atoms with E-state index in [4.69, 9.17) is 14.5 Å². The number of rotatable bonds is 10. The number of likely N-dealkylation sites (tertiary alicyclic amines) is 1. The average Bonchev–Trinajstić information content (AvgIpc) is 3.14. The molecule has 1 N–H and O–H groups in total. The average molecular weight is 725 g/mol. The van der Waals surface area contributed by atoms with E-state index in [2.05, 4.69) is 15.1 Å². The molecule has 6 rings (SSSR count). The van der Waals surface area contributed by atoms with Crippen LogP contribution in [0.5, 0.6) is 5.75 Å². The third-order valence-corrected chi connectivity index (χ3v) is 11.7. The van der Waals surface area contributed by atoms with Crippen molar-refractivity contribution in [2.45, 2.75) is 56.4 Å². The van der Waals surface area contributed by atoms with Crippen molar-refractivity contribution in [1.82, 2.24) is 20.1 Å². The highest BCUT2D eigenvalue weighted by Crippen LogP contribution is 2.40. The molecule has 0 saturated carbocycles. The number of sulfone groups is 1. The third-order valence-electron chi connectivity index (χ3n) is 9.93. The molecule has 3 aromatic carbocycles. The number of ether oxygens (including phenoxy) is 2. The van der Waals surface area contributed by atoms with E-state index in [0.29, 0.717) is 37.9 Å². The summed E-state index contributed by atoms with van der Waals surface area (Å²) in [5.74, 6) is -0.737. The lowest BCUT2D eigenvalue weighted by Gasteiger charge is -2.40. The molecule has 0 aliphatic carbocycles. The molecule has 1 atom stereocenters. The van der Waals surface area contributed by atoms with Crippen molar-refractivity contribution in [2.24, 2.45) is 0 Å². The Hall–Kier alpha value is -4.04. The molecule has 9 nitrogen and oxygen atoms in total. The number of piperidine rings is 1. The van der Waals surface area contributed by atoms with Gasteiger partial charge in [0.05, 0.1) is 54.5 Å². The Labute approximate surface area is 296 Å². The van der Waals surface area contributed by atoms with Crippen molar-refractivity contribution >= 4 is 26.6 Å². The van der Waals surface area contributed by atoms with Crippen molar-refractivity contribution in [3.63, 3.8) is 0 Å². The number of halogens is 3. The van der Waals surface area contributed by atoms with Crippen LogP contribution in [0.25, 0.3) is 22.2 Å². The number of nitrogens with zero attached hydrogens (tertiary/aromatic N) is 3. The van der Waals surface area contributed by atoms with E-state index in [-0.39, 0.29) is 50.7 Å². The maximum atomic E-state index is 14.6. The number of carbonyl (C=O) groups is 1. The van der Waals surface area contributed by atoms with Gasteiger partial charge in [-0.15, -0.1) is 0 Å². The minimum absolute atomic E-state index is 0.0316. The molecule has 1 aromatic heterocycles. The highest BCUT2D eigenvalue weighted by Gasteiger charge is 2.34. The normalized spacial score (nSPS) is 17.4. The van der Waals surface area contributed by atoms with Gasteiger partial charge in [0.25, 0.3) is 5.91 Å². The lowest BCUT2D eigenvalue weighted by atomic mass is 9.93. The van der Waals surface area contributed by atoms with Crippen molar-refractivity contribution in [3.8, 4) is 17.0 Å². The first-order valence-corrected chi connectivity index (χ1v) is 18.9. The first-order valence-electron chi connectivity index (χ1n) is 17.2. The molecule has 3 heterocycles. The van der Waals surface area contributed by atoms with Gasteiger partial charge >= 0.3 is 6.18 Å². The van der Waals surface area contributed by atoms with Gasteiger partial charge < -0.3 is 14.8 Å².